The van der Waals surface area contributed by atoms with E-state index in [2.05, 4.69) is 31.3 Å². The zero-order chi connectivity index (χ0) is 55.0. The van der Waals surface area contributed by atoms with Crippen LogP contribution in [0.5, 0.6) is 0 Å². The number of allylic oxidation sites excluding steroid dienone is 3. The molecule has 0 saturated carbocycles. The minimum atomic E-state index is -0.844. The summed E-state index contributed by atoms with van der Waals surface area (Å²) in [5.74, 6) is -0.0545. The highest BCUT2D eigenvalue weighted by Crippen LogP contribution is 2.19. The lowest BCUT2D eigenvalue weighted by atomic mass is 10.0. The highest BCUT2D eigenvalue weighted by molar-refractivity contribution is 5.76. The predicted molar refractivity (Wildman–Crippen MR) is 333 cm³/mol. The number of aliphatic hydroxyl groups excluding tert-OH is 2. The molecule has 0 aliphatic rings. The summed E-state index contributed by atoms with van der Waals surface area (Å²) in [7, 11) is 0. The molecular weight excluding hydrogens is 935 g/mol. The van der Waals surface area contributed by atoms with Gasteiger partial charge in [0.25, 0.3) is 0 Å². The molecule has 2 unspecified atom stereocenters. The van der Waals surface area contributed by atoms with E-state index < -0.39 is 12.1 Å². The second-order valence-corrected chi connectivity index (χ2v) is 23.9. The molecule has 0 bridgehead atoms. The van der Waals surface area contributed by atoms with Gasteiger partial charge in [0, 0.05) is 12.8 Å². The standard InChI is InChI=1S/C70H135NO5/c1-3-5-7-9-11-13-15-17-18-19-20-27-30-33-36-39-42-46-50-54-58-62-68(73)67(66-72)71-69(74)63-59-55-51-47-43-40-37-34-31-28-25-23-21-22-24-26-29-32-35-38-41-45-49-53-57-61-65-76-70(75)64-60-56-52-48-44-16-14-12-10-8-6-4-2/h12,14,58,62,67-68,72-73H,3-11,13,15-57,59-61,63-66H2,1-2H3,(H,71,74)/b14-12-,62-58+. The van der Waals surface area contributed by atoms with Gasteiger partial charge in [0.2, 0.25) is 5.91 Å². The number of rotatable bonds is 65. The molecule has 0 heterocycles. The summed E-state index contributed by atoms with van der Waals surface area (Å²) >= 11 is 0. The largest absolute Gasteiger partial charge is 0.466 e. The van der Waals surface area contributed by atoms with E-state index in [1.165, 1.54) is 315 Å². The Morgan fingerprint density at radius 3 is 0.961 bits per heavy atom. The summed E-state index contributed by atoms with van der Waals surface area (Å²) in [6.07, 6.45) is 82.5. The Labute approximate surface area is 475 Å². The smallest absolute Gasteiger partial charge is 0.305 e. The van der Waals surface area contributed by atoms with Crippen LogP contribution in [0.2, 0.25) is 0 Å². The van der Waals surface area contributed by atoms with Gasteiger partial charge in [-0.05, 0) is 57.8 Å². The molecule has 0 rings (SSSR count). The molecular formula is C70H135NO5. The average molecular weight is 1070 g/mol. The number of carbonyl (C=O) groups excluding carboxylic acids is 2. The molecule has 0 aromatic carbocycles. The van der Waals surface area contributed by atoms with E-state index in [9.17, 15) is 19.8 Å². The minimum Gasteiger partial charge on any atom is -0.466 e. The third-order valence-electron chi connectivity index (χ3n) is 16.2. The van der Waals surface area contributed by atoms with Crippen LogP contribution >= 0.6 is 0 Å². The second-order valence-electron chi connectivity index (χ2n) is 23.9. The summed E-state index contributed by atoms with van der Waals surface area (Å²) in [5, 5.41) is 23.2. The Balaban J connectivity index is 3.39. The van der Waals surface area contributed by atoms with E-state index in [-0.39, 0.29) is 18.5 Å². The van der Waals surface area contributed by atoms with Crippen molar-refractivity contribution in [3.63, 3.8) is 0 Å². The van der Waals surface area contributed by atoms with Gasteiger partial charge in [-0.3, -0.25) is 9.59 Å². The number of ether oxygens (including phenoxy) is 1. The fourth-order valence-corrected chi connectivity index (χ4v) is 10.9. The molecule has 0 radical (unpaired) electrons. The van der Waals surface area contributed by atoms with Crippen molar-refractivity contribution in [1.29, 1.82) is 0 Å². The normalized spacial score (nSPS) is 12.6. The van der Waals surface area contributed by atoms with Crippen LogP contribution in [0.4, 0.5) is 0 Å². The third kappa shape index (κ3) is 61.6. The maximum Gasteiger partial charge on any atom is 0.305 e. The molecule has 0 aliphatic carbocycles. The van der Waals surface area contributed by atoms with Gasteiger partial charge < -0.3 is 20.3 Å². The Bertz CT molecular complexity index is 1190. The maximum atomic E-state index is 12.5. The lowest BCUT2D eigenvalue weighted by Crippen LogP contribution is -2.45. The number of unbranched alkanes of at least 4 members (excludes halogenated alkanes) is 52. The van der Waals surface area contributed by atoms with Crippen LogP contribution in [0, 0.1) is 0 Å². The van der Waals surface area contributed by atoms with Crippen LogP contribution in [0.15, 0.2) is 24.3 Å². The van der Waals surface area contributed by atoms with E-state index in [0.29, 0.717) is 19.4 Å². The first-order chi connectivity index (χ1) is 37.5. The lowest BCUT2D eigenvalue weighted by molar-refractivity contribution is -0.143. The summed E-state index contributed by atoms with van der Waals surface area (Å²) in [6, 6.07) is -0.627. The van der Waals surface area contributed by atoms with Gasteiger partial charge in [0.15, 0.2) is 0 Å². The van der Waals surface area contributed by atoms with Crippen molar-refractivity contribution in [2.24, 2.45) is 0 Å². The van der Waals surface area contributed by atoms with E-state index in [1.807, 2.05) is 6.08 Å². The summed E-state index contributed by atoms with van der Waals surface area (Å²) in [5.41, 5.74) is 0. The van der Waals surface area contributed by atoms with Crippen LogP contribution in [0.3, 0.4) is 0 Å². The number of amides is 1. The summed E-state index contributed by atoms with van der Waals surface area (Å²) in [4.78, 5) is 24.5. The van der Waals surface area contributed by atoms with Crippen LogP contribution < -0.4 is 5.32 Å². The van der Waals surface area contributed by atoms with Crippen molar-refractivity contribution in [1.82, 2.24) is 5.32 Å². The number of hydrogen-bond donors (Lipinski definition) is 3. The third-order valence-corrected chi connectivity index (χ3v) is 16.2. The van der Waals surface area contributed by atoms with Crippen molar-refractivity contribution in [3.8, 4) is 0 Å². The predicted octanol–water partition coefficient (Wildman–Crippen LogP) is 22.1. The number of aliphatic hydroxyl groups is 2. The molecule has 0 spiro atoms. The SMILES string of the molecule is CCCCC/C=C\CCCCCCCC(=O)OCCCCCCCCCCCCCCCCCCCCCCCCCCCCC(=O)NC(CO)C(O)/C=C/CCCCCCCCCCCCCCCCCCCCC. The van der Waals surface area contributed by atoms with Gasteiger partial charge in [0.05, 0.1) is 25.4 Å². The first-order valence-electron chi connectivity index (χ1n) is 34.6. The fraction of sp³-hybridized carbons (Fsp3) is 0.914. The first kappa shape index (κ1) is 74.3. The topological polar surface area (TPSA) is 95.9 Å². The number of carbonyl (C=O) groups is 2. The number of nitrogens with one attached hydrogen (secondary N) is 1. The second kappa shape index (κ2) is 65.9. The molecule has 76 heavy (non-hydrogen) atoms. The summed E-state index contributed by atoms with van der Waals surface area (Å²) < 4.78 is 5.47. The van der Waals surface area contributed by atoms with Crippen molar-refractivity contribution >= 4 is 11.9 Å². The molecule has 0 fully saturated rings. The Morgan fingerprint density at radius 2 is 0.618 bits per heavy atom. The molecule has 1 amide bonds. The highest BCUT2D eigenvalue weighted by Gasteiger charge is 2.18. The molecule has 0 saturated heterocycles. The molecule has 6 nitrogen and oxygen atoms in total. The number of esters is 1. The molecule has 0 aliphatic heterocycles. The minimum absolute atomic E-state index is 0.00733. The van der Waals surface area contributed by atoms with Gasteiger partial charge in [-0.15, -0.1) is 0 Å². The zero-order valence-electron chi connectivity index (χ0n) is 51.5. The fourth-order valence-electron chi connectivity index (χ4n) is 10.9. The van der Waals surface area contributed by atoms with Crippen LogP contribution in [-0.2, 0) is 14.3 Å². The average Bonchev–Trinajstić information content (AvgIpc) is 3.42. The summed E-state index contributed by atoms with van der Waals surface area (Å²) in [6.45, 7) is 4.91. The quantitative estimate of drug-likeness (QED) is 0.0320. The van der Waals surface area contributed by atoms with Crippen LogP contribution in [-0.4, -0.2) is 47.4 Å². The van der Waals surface area contributed by atoms with Crippen molar-refractivity contribution in [2.75, 3.05) is 13.2 Å². The van der Waals surface area contributed by atoms with E-state index >= 15 is 0 Å². The Kier molecular flexibility index (Phi) is 64.4. The van der Waals surface area contributed by atoms with Crippen LogP contribution in [0.1, 0.15) is 386 Å². The zero-order valence-corrected chi connectivity index (χ0v) is 51.5. The first-order valence-corrected chi connectivity index (χ1v) is 34.6. The van der Waals surface area contributed by atoms with Crippen LogP contribution in [0.25, 0.3) is 0 Å². The molecule has 3 N–H and O–H groups in total. The maximum absolute atomic E-state index is 12.5. The number of hydrogen-bond acceptors (Lipinski definition) is 5. The van der Waals surface area contributed by atoms with Gasteiger partial charge in [-0.25, -0.2) is 0 Å². The Hall–Kier alpha value is -1.66. The van der Waals surface area contributed by atoms with E-state index in [1.54, 1.807) is 6.08 Å². The molecule has 0 aromatic rings. The van der Waals surface area contributed by atoms with Gasteiger partial charge in [-0.2, -0.15) is 0 Å². The monoisotopic (exact) mass is 1070 g/mol. The van der Waals surface area contributed by atoms with Crippen molar-refractivity contribution < 1.29 is 24.5 Å². The van der Waals surface area contributed by atoms with Gasteiger partial charge >= 0.3 is 5.97 Å². The highest BCUT2D eigenvalue weighted by atomic mass is 16.5. The van der Waals surface area contributed by atoms with E-state index in [0.717, 1.165) is 44.9 Å². The lowest BCUT2D eigenvalue weighted by Gasteiger charge is -2.20. The molecule has 6 heteroatoms. The Morgan fingerprint density at radius 1 is 0.355 bits per heavy atom. The van der Waals surface area contributed by atoms with Gasteiger partial charge in [-0.1, -0.05) is 340 Å². The van der Waals surface area contributed by atoms with Crippen molar-refractivity contribution in [2.45, 2.75) is 398 Å². The molecule has 450 valence electrons. The molecule has 2 atom stereocenters. The van der Waals surface area contributed by atoms with E-state index in [4.69, 9.17) is 4.74 Å². The van der Waals surface area contributed by atoms with Gasteiger partial charge in [0.1, 0.15) is 0 Å². The van der Waals surface area contributed by atoms with Crippen molar-refractivity contribution in [3.05, 3.63) is 24.3 Å². The molecule has 0 aromatic heterocycles.